The third-order valence-corrected chi connectivity index (χ3v) is 5.59. The lowest BCUT2D eigenvalue weighted by Gasteiger charge is -2.18. The van der Waals surface area contributed by atoms with Crippen molar-refractivity contribution < 1.29 is 17.9 Å². The molecule has 0 saturated heterocycles. The largest absolute Gasteiger partial charge is 0.484 e. The Morgan fingerprint density at radius 1 is 1.08 bits per heavy atom. The van der Waals surface area contributed by atoms with E-state index in [1.165, 1.54) is 34.6 Å². The second-order valence-electron chi connectivity index (χ2n) is 6.29. The maximum absolute atomic E-state index is 12.3. The molecule has 6 heteroatoms. The summed E-state index contributed by atoms with van der Waals surface area (Å²) in [5.41, 5.74) is 3.28. The number of carbonyl (C=O) groups is 1. The van der Waals surface area contributed by atoms with E-state index >= 15 is 0 Å². The lowest BCUT2D eigenvalue weighted by molar-refractivity contribution is -0.120. The fourth-order valence-electron chi connectivity index (χ4n) is 2.94. The van der Waals surface area contributed by atoms with Gasteiger partial charge in [-0.25, -0.2) is 8.42 Å². The molecule has 0 fully saturated rings. The summed E-state index contributed by atoms with van der Waals surface area (Å²) in [6.45, 7) is -0.0664. The van der Waals surface area contributed by atoms with Crippen LogP contribution in [0.3, 0.4) is 0 Å². The zero-order valence-electron chi connectivity index (χ0n) is 14.4. The molecule has 0 spiro atoms. The number of ether oxygens (including phenoxy) is 1. The molecule has 3 rings (SSSR count). The minimum absolute atomic E-state index is 0.0664. The second kappa shape index (κ2) is 6.88. The molecule has 2 aromatic carbocycles. The van der Waals surface area contributed by atoms with Crippen molar-refractivity contribution in [2.75, 3.05) is 24.8 Å². The van der Waals surface area contributed by atoms with Crippen LogP contribution in [0.2, 0.25) is 0 Å². The number of hydrogen-bond acceptors (Lipinski definition) is 4. The number of anilines is 1. The molecule has 1 aliphatic carbocycles. The molecule has 0 aliphatic heterocycles. The fourth-order valence-corrected chi connectivity index (χ4v) is 3.57. The molecule has 0 radical (unpaired) electrons. The summed E-state index contributed by atoms with van der Waals surface area (Å²) in [6, 6.07) is 12.2. The third-order valence-electron chi connectivity index (χ3n) is 4.46. The highest BCUT2D eigenvalue weighted by Crippen LogP contribution is 2.26. The van der Waals surface area contributed by atoms with Gasteiger partial charge >= 0.3 is 0 Å². The summed E-state index contributed by atoms with van der Waals surface area (Å²) in [4.78, 5) is 14.0. The molecule has 0 heterocycles. The minimum Gasteiger partial charge on any atom is -0.484 e. The van der Waals surface area contributed by atoms with Crippen LogP contribution in [0, 0.1) is 0 Å². The van der Waals surface area contributed by atoms with Gasteiger partial charge in [0.2, 0.25) is 0 Å². The number of fused-ring (bicyclic) bond motifs is 1. The van der Waals surface area contributed by atoms with Gasteiger partial charge in [-0.15, -0.1) is 0 Å². The summed E-state index contributed by atoms with van der Waals surface area (Å²) in [5.74, 6) is 0.502. The number of likely N-dealkylation sites (N-methyl/N-ethyl adjacent to an activating group) is 1. The van der Waals surface area contributed by atoms with E-state index in [2.05, 4.69) is 6.07 Å². The zero-order chi connectivity index (χ0) is 18.0. The van der Waals surface area contributed by atoms with Gasteiger partial charge in [0.1, 0.15) is 5.75 Å². The number of aryl methyl sites for hydroxylation is 2. The summed E-state index contributed by atoms with van der Waals surface area (Å²) in [5, 5.41) is 0. The number of amides is 1. The van der Waals surface area contributed by atoms with Crippen molar-refractivity contribution in [2.24, 2.45) is 0 Å². The van der Waals surface area contributed by atoms with E-state index in [9.17, 15) is 13.2 Å². The van der Waals surface area contributed by atoms with Crippen LogP contribution in [0.1, 0.15) is 17.5 Å². The first-order valence-corrected chi connectivity index (χ1v) is 10.0. The highest BCUT2D eigenvalue weighted by atomic mass is 32.2. The van der Waals surface area contributed by atoms with Crippen molar-refractivity contribution in [1.82, 2.24) is 0 Å². The van der Waals surface area contributed by atoms with E-state index < -0.39 is 9.84 Å². The summed E-state index contributed by atoms with van der Waals surface area (Å²) >= 11 is 0. The fraction of sp³-hybridized carbons (Fsp3) is 0.316. The van der Waals surface area contributed by atoms with Crippen LogP contribution in [0.25, 0.3) is 0 Å². The topological polar surface area (TPSA) is 63.7 Å². The molecule has 0 atom stereocenters. The Labute approximate surface area is 148 Å². The van der Waals surface area contributed by atoms with Gasteiger partial charge in [0.15, 0.2) is 16.4 Å². The first-order chi connectivity index (χ1) is 11.8. The molecule has 0 unspecified atom stereocenters. The van der Waals surface area contributed by atoms with Crippen molar-refractivity contribution in [3.05, 3.63) is 53.6 Å². The van der Waals surface area contributed by atoms with E-state index in [-0.39, 0.29) is 17.4 Å². The number of sulfone groups is 1. The van der Waals surface area contributed by atoms with Crippen LogP contribution >= 0.6 is 0 Å². The lowest BCUT2D eigenvalue weighted by atomic mass is 10.1. The molecule has 132 valence electrons. The summed E-state index contributed by atoms with van der Waals surface area (Å²) in [7, 11) is -1.60. The van der Waals surface area contributed by atoms with Gasteiger partial charge in [0, 0.05) is 19.0 Å². The van der Waals surface area contributed by atoms with Crippen molar-refractivity contribution in [2.45, 2.75) is 24.2 Å². The van der Waals surface area contributed by atoms with Crippen LogP contribution in [0.5, 0.6) is 5.75 Å². The molecule has 1 amide bonds. The number of carbonyl (C=O) groups excluding carboxylic acids is 1. The van der Waals surface area contributed by atoms with E-state index in [4.69, 9.17) is 4.74 Å². The molecule has 1 aliphatic rings. The average Bonchev–Trinajstić information content (AvgIpc) is 3.06. The molecular formula is C19H21NO4S. The number of nitrogens with zero attached hydrogens (tertiary/aromatic N) is 1. The quantitative estimate of drug-likeness (QED) is 0.823. The molecule has 0 aromatic heterocycles. The lowest BCUT2D eigenvalue weighted by Crippen LogP contribution is -2.31. The van der Waals surface area contributed by atoms with Crippen molar-refractivity contribution >= 4 is 21.4 Å². The highest BCUT2D eigenvalue weighted by Gasteiger charge is 2.15. The molecule has 0 bridgehead atoms. The van der Waals surface area contributed by atoms with Gasteiger partial charge in [-0.2, -0.15) is 0 Å². The minimum atomic E-state index is -3.25. The smallest absolute Gasteiger partial charge is 0.264 e. The molecule has 5 nitrogen and oxygen atoms in total. The SMILES string of the molecule is CN(C(=O)COc1ccc2c(c1)CCC2)c1ccc(S(C)(=O)=O)cc1. The zero-order valence-corrected chi connectivity index (χ0v) is 15.2. The van der Waals surface area contributed by atoms with E-state index in [0.717, 1.165) is 19.1 Å². The molecule has 0 saturated carbocycles. The summed E-state index contributed by atoms with van der Waals surface area (Å²) in [6.07, 6.45) is 4.50. The van der Waals surface area contributed by atoms with Gasteiger partial charge in [-0.3, -0.25) is 4.79 Å². The van der Waals surface area contributed by atoms with Gasteiger partial charge in [-0.1, -0.05) is 6.07 Å². The molecule has 0 N–H and O–H groups in total. The van der Waals surface area contributed by atoms with Crippen molar-refractivity contribution in [3.8, 4) is 5.75 Å². The Kier molecular flexibility index (Phi) is 4.81. The Hall–Kier alpha value is -2.34. The van der Waals surface area contributed by atoms with Crippen LogP contribution < -0.4 is 9.64 Å². The Balaban J connectivity index is 1.62. The maximum atomic E-state index is 12.3. The average molecular weight is 359 g/mol. The molecule has 25 heavy (non-hydrogen) atoms. The van der Waals surface area contributed by atoms with Crippen LogP contribution in [0.4, 0.5) is 5.69 Å². The first-order valence-electron chi connectivity index (χ1n) is 8.16. The number of hydrogen-bond donors (Lipinski definition) is 0. The second-order valence-corrected chi connectivity index (χ2v) is 8.31. The Bertz CT molecular complexity index is 888. The molecule has 2 aromatic rings. The standard InChI is InChI=1S/C19H21NO4S/c1-20(16-7-10-18(11-8-16)25(2,22)23)19(21)13-24-17-9-6-14-4-3-5-15(14)12-17/h6-12H,3-5,13H2,1-2H3. The van der Waals surface area contributed by atoms with Crippen molar-refractivity contribution in [3.63, 3.8) is 0 Å². The number of rotatable bonds is 5. The Morgan fingerprint density at radius 2 is 1.76 bits per heavy atom. The predicted molar refractivity (Wildman–Crippen MR) is 96.9 cm³/mol. The molecular weight excluding hydrogens is 338 g/mol. The maximum Gasteiger partial charge on any atom is 0.264 e. The van der Waals surface area contributed by atoms with E-state index in [1.807, 2.05) is 12.1 Å². The van der Waals surface area contributed by atoms with E-state index in [0.29, 0.717) is 11.4 Å². The van der Waals surface area contributed by atoms with Gasteiger partial charge in [0.05, 0.1) is 4.90 Å². The van der Waals surface area contributed by atoms with Crippen LogP contribution in [0.15, 0.2) is 47.4 Å². The first kappa shape index (κ1) is 17.5. The van der Waals surface area contributed by atoms with Crippen molar-refractivity contribution in [1.29, 1.82) is 0 Å². The van der Waals surface area contributed by atoms with Gasteiger partial charge < -0.3 is 9.64 Å². The highest BCUT2D eigenvalue weighted by molar-refractivity contribution is 7.90. The van der Waals surface area contributed by atoms with Crippen LogP contribution in [-0.4, -0.2) is 34.2 Å². The summed E-state index contributed by atoms with van der Waals surface area (Å²) < 4.78 is 28.6. The van der Waals surface area contributed by atoms with E-state index in [1.54, 1.807) is 19.2 Å². The van der Waals surface area contributed by atoms with Crippen LogP contribution in [-0.2, 0) is 27.5 Å². The van der Waals surface area contributed by atoms with Gasteiger partial charge in [0.25, 0.3) is 5.91 Å². The van der Waals surface area contributed by atoms with Gasteiger partial charge in [-0.05, 0) is 66.8 Å². The predicted octanol–water partition coefficient (Wildman–Crippen LogP) is 2.62. The number of benzene rings is 2. The monoisotopic (exact) mass is 359 g/mol. The normalized spacial score (nSPS) is 13.4. The third kappa shape index (κ3) is 4.02. The Morgan fingerprint density at radius 3 is 2.44 bits per heavy atom.